The number of hydrogen-bond acceptors (Lipinski definition) is 6. The van der Waals surface area contributed by atoms with Crippen LogP contribution in [0, 0.1) is 0 Å². The van der Waals surface area contributed by atoms with Crippen molar-refractivity contribution in [2.45, 2.75) is 0 Å². The van der Waals surface area contributed by atoms with Crippen molar-refractivity contribution < 1.29 is 4.74 Å². The summed E-state index contributed by atoms with van der Waals surface area (Å²) < 4.78 is 7.22. The second-order valence-electron chi connectivity index (χ2n) is 5.88. The van der Waals surface area contributed by atoms with Crippen molar-refractivity contribution in [2.24, 2.45) is 0 Å². The van der Waals surface area contributed by atoms with Gasteiger partial charge in [-0.25, -0.2) is 0 Å². The van der Waals surface area contributed by atoms with Gasteiger partial charge in [0.2, 0.25) is 4.96 Å². The smallest absolute Gasteiger partial charge is 0.300 e. The second-order valence-corrected chi connectivity index (χ2v) is 6.89. The van der Waals surface area contributed by atoms with Gasteiger partial charge in [0.1, 0.15) is 12.4 Å². The zero-order chi connectivity index (χ0) is 19.5. The molecule has 0 radical (unpaired) electrons. The maximum absolute atomic E-state index is 12.8. The van der Waals surface area contributed by atoms with Crippen LogP contribution in [0.1, 0.15) is 5.56 Å². The Labute approximate surface area is 163 Å². The number of para-hydroxylation sites is 1. The molecule has 0 saturated carbocycles. The van der Waals surface area contributed by atoms with E-state index in [1.165, 1.54) is 4.52 Å². The third-order valence-electron chi connectivity index (χ3n) is 3.99. The summed E-state index contributed by atoms with van der Waals surface area (Å²) in [4.78, 5) is 29.5. The molecule has 4 aromatic rings. The second kappa shape index (κ2) is 7.58. The molecule has 6 nitrogen and oxygen atoms in total. The highest BCUT2D eigenvalue weighted by Gasteiger charge is 2.12. The molecule has 28 heavy (non-hydrogen) atoms. The summed E-state index contributed by atoms with van der Waals surface area (Å²) in [6.07, 6.45) is 3.37. The molecule has 0 aliphatic heterocycles. The summed E-state index contributed by atoms with van der Waals surface area (Å²) in [5.74, 6) is 0.639. The monoisotopic (exact) mass is 389 g/mol. The first kappa shape index (κ1) is 17.8. The van der Waals surface area contributed by atoms with Gasteiger partial charge in [-0.15, -0.1) is 0 Å². The number of thiazole rings is 1. The van der Waals surface area contributed by atoms with E-state index >= 15 is 0 Å². The zero-order valence-corrected chi connectivity index (χ0v) is 15.6. The third kappa shape index (κ3) is 3.35. The minimum atomic E-state index is -0.464. The van der Waals surface area contributed by atoms with Gasteiger partial charge in [-0.3, -0.25) is 9.59 Å². The standard InChI is InChI=1S/C21H15N3O3S/c1-2-12-27-16-11-7-6-10-15(16)13-17-20(26)24-21(28-17)22-19(25)18(23-24)14-8-4-3-5-9-14/h2-11,13H,1,12H2. The molecule has 0 fully saturated rings. The number of nitrogens with zero attached hydrogens (tertiary/aromatic N) is 3. The van der Waals surface area contributed by atoms with E-state index in [0.717, 1.165) is 16.9 Å². The van der Waals surface area contributed by atoms with Crippen LogP contribution in [-0.2, 0) is 0 Å². The molecule has 0 spiro atoms. The molecule has 2 heterocycles. The van der Waals surface area contributed by atoms with Gasteiger partial charge in [-0.1, -0.05) is 72.5 Å². The van der Waals surface area contributed by atoms with E-state index < -0.39 is 5.56 Å². The van der Waals surface area contributed by atoms with Crippen LogP contribution in [0.15, 0.2) is 76.8 Å². The summed E-state index contributed by atoms with van der Waals surface area (Å²) in [5, 5.41) is 4.25. The molecule has 2 aromatic heterocycles. The van der Waals surface area contributed by atoms with Crippen molar-refractivity contribution >= 4 is 22.4 Å². The van der Waals surface area contributed by atoms with Crippen LogP contribution in [-0.4, -0.2) is 21.2 Å². The topological polar surface area (TPSA) is 73.6 Å². The van der Waals surface area contributed by atoms with Crippen LogP contribution in [0.2, 0.25) is 0 Å². The molecule has 0 aliphatic carbocycles. The number of hydrogen-bond donors (Lipinski definition) is 0. The number of aromatic nitrogens is 3. The van der Waals surface area contributed by atoms with Crippen LogP contribution in [0.3, 0.4) is 0 Å². The van der Waals surface area contributed by atoms with Crippen molar-refractivity contribution in [1.29, 1.82) is 0 Å². The van der Waals surface area contributed by atoms with Crippen molar-refractivity contribution in [3.63, 3.8) is 0 Å². The molecule has 138 valence electrons. The number of benzene rings is 2. The Morgan fingerprint density at radius 3 is 2.61 bits per heavy atom. The lowest BCUT2D eigenvalue weighted by molar-refractivity contribution is 0.362. The van der Waals surface area contributed by atoms with Crippen molar-refractivity contribution in [1.82, 2.24) is 14.6 Å². The highest BCUT2D eigenvalue weighted by atomic mass is 32.1. The van der Waals surface area contributed by atoms with Crippen molar-refractivity contribution in [3.05, 3.63) is 98.1 Å². The van der Waals surface area contributed by atoms with Gasteiger partial charge in [0, 0.05) is 11.1 Å². The molecular formula is C21H15N3O3S. The molecule has 0 unspecified atom stereocenters. The molecule has 0 amide bonds. The molecule has 0 aliphatic rings. The molecule has 4 rings (SSSR count). The lowest BCUT2D eigenvalue weighted by Crippen LogP contribution is -2.26. The molecule has 0 atom stereocenters. The first-order valence-electron chi connectivity index (χ1n) is 8.51. The maximum Gasteiger partial charge on any atom is 0.300 e. The fraction of sp³-hybridized carbons (Fsp3) is 0.0476. The van der Waals surface area contributed by atoms with Crippen molar-refractivity contribution in [3.8, 4) is 17.0 Å². The third-order valence-corrected chi connectivity index (χ3v) is 4.95. The van der Waals surface area contributed by atoms with Gasteiger partial charge in [0.25, 0.3) is 5.56 Å². The number of rotatable bonds is 5. The average molecular weight is 389 g/mol. The van der Waals surface area contributed by atoms with Gasteiger partial charge in [-0.2, -0.15) is 14.6 Å². The van der Waals surface area contributed by atoms with E-state index in [9.17, 15) is 9.59 Å². The summed E-state index contributed by atoms with van der Waals surface area (Å²) in [7, 11) is 0. The van der Waals surface area contributed by atoms with E-state index in [4.69, 9.17) is 4.74 Å². The Hall–Kier alpha value is -3.58. The van der Waals surface area contributed by atoms with E-state index in [1.807, 2.05) is 30.3 Å². The summed E-state index contributed by atoms with van der Waals surface area (Å²) in [5.41, 5.74) is 0.721. The predicted octanol–water partition coefficient (Wildman–Crippen LogP) is 2.29. The van der Waals surface area contributed by atoms with E-state index in [1.54, 1.807) is 36.4 Å². The van der Waals surface area contributed by atoms with E-state index in [-0.39, 0.29) is 16.2 Å². The van der Waals surface area contributed by atoms with Crippen LogP contribution < -0.4 is 20.4 Å². The molecule has 0 bridgehead atoms. The lowest BCUT2D eigenvalue weighted by Gasteiger charge is -2.05. The first-order valence-corrected chi connectivity index (χ1v) is 9.33. The summed E-state index contributed by atoms with van der Waals surface area (Å²) in [6.45, 7) is 4.00. The molecule has 7 heteroatoms. The maximum atomic E-state index is 12.8. The first-order chi connectivity index (χ1) is 13.7. The quantitative estimate of drug-likeness (QED) is 0.490. The van der Waals surface area contributed by atoms with Gasteiger partial charge in [-0.05, 0) is 12.1 Å². The minimum absolute atomic E-state index is 0.147. The molecule has 2 aromatic carbocycles. The highest BCUT2D eigenvalue weighted by molar-refractivity contribution is 7.15. The Kier molecular flexibility index (Phi) is 4.82. The summed E-state index contributed by atoms with van der Waals surface area (Å²) >= 11 is 1.11. The van der Waals surface area contributed by atoms with Gasteiger partial charge in [0.15, 0.2) is 5.69 Å². The minimum Gasteiger partial charge on any atom is -0.489 e. The highest BCUT2D eigenvalue weighted by Crippen LogP contribution is 2.18. The fourth-order valence-electron chi connectivity index (χ4n) is 2.71. The number of ether oxygens (including phenoxy) is 1. The summed E-state index contributed by atoms with van der Waals surface area (Å²) in [6, 6.07) is 16.3. The van der Waals surface area contributed by atoms with Crippen LogP contribution in [0.4, 0.5) is 0 Å². The van der Waals surface area contributed by atoms with Crippen LogP contribution in [0.5, 0.6) is 5.75 Å². The largest absolute Gasteiger partial charge is 0.489 e. The molecule has 0 saturated heterocycles. The average Bonchev–Trinajstić information content (AvgIpc) is 3.02. The lowest BCUT2D eigenvalue weighted by atomic mass is 10.2. The van der Waals surface area contributed by atoms with Gasteiger partial charge < -0.3 is 4.74 Å². The van der Waals surface area contributed by atoms with Crippen LogP contribution >= 0.6 is 11.3 Å². The number of fused-ring (bicyclic) bond motifs is 1. The zero-order valence-electron chi connectivity index (χ0n) is 14.7. The van der Waals surface area contributed by atoms with Gasteiger partial charge in [0.05, 0.1) is 4.53 Å². The van der Waals surface area contributed by atoms with Gasteiger partial charge >= 0.3 is 5.56 Å². The predicted molar refractivity (Wildman–Crippen MR) is 110 cm³/mol. The molecular weight excluding hydrogens is 374 g/mol. The van der Waals surface area contributed by atoms with E-state index in [0.29, 0.717) is 22.5 Å². The van der Waals surface area contributed by atoms with Crippen LogP contribution in [0.25, 0.3) is 22.3 Å². The van der Waals surface area contributed by atoms with Crippen molar-refractivity contribution in [2.75, 3.05) is 6.61 Å². The fourth-order valence-corrected chi connectivity index (χ4v) is 3.60. The Morgan fingerprint density at radius 1 is 1.07 bits per heavy atom. The SMILES string of the molecule is C=CCOc1ccccc1C=c1sc2nc(=O)c(-c3ccccc3)nn2c1=O. The Bertz CT molecular complexity index is 1330. The Morgan fingerprint density at radius 2 is 1.82 bits per heavy atom. The Balaban J connectivity index is 1.88. The van der Waals surface area contributed by atoms with E-state index in [2.05, 4.69) is 16.7 Å². The normalized spacial score (nSPS) is 11.6. The molecule has 0 N–H and O–H groups in total.